The average Bonchev–Trinajstić information content (AvgIpc) is 2.37. The van der Waals surface area contributed by atoms with E-state index in [4.69, 9.17) is 0 Å². The number of rotatable bonds is 2. The Balaban J connectivity index is 2.26. The molecular weight excluding hydrogens is 254 g/mol. The Morgan fingerprint density at radius 1 is 1.20 bits per heavy atom. The molecule has 1 aromatic heterocycles. The summed E-state index contributed by atoms with van der Waals surface area (Å²) in [4.78, 5) is 26.6. The van der Waals surface area contributed by atoms with Gasteiger partial charge in [0.2, 0.25) is 0 Å². The molecule has 5 heteroatoms. The number of fused-ring (bicyclic) bond motifs is 1. The number of likely N-dealkylation sites (tertiary alicyclic amines) is 1. The van der Waals surface area contributed by atoms with Gasteiger partial charge in [-0.3, -0.25) is 9.59 Å². The molecule has 0 atom stereocenters. The highest BCUT2D eigenvalue weighted by Crippen LogP contribution is 2.18. The van der Waals surface area contributed by atoms with Crippen LogP contribution in [0.3, 0.4) is 0 Å². The summed E-state index contributed by atoms with van der Waals surface area (Å²) in [5.41, 5.74) is 0.240. The van der Waals surface area contributed by atoms with Gasteiger partial charge in [0.05, 0.1) is 11.4 Å². The Kier molecular flexibility index (Phi) is 3.04. The smallest absolute Gasteiger partial charge is 0.274 e. The summed E-state index contributed by atoms with van der Waals surface area (Å²) in [6.07, 6.45) is 1.04. The van der Waals surface area contributed by atoms with E-state index in [0.717, 1.165) is 19.5 Å². The lowest BCUT2D eigenvalue weighted by Crippen LogP contribution is -2.43. The fourth-order valence-electron chi connectivity index (χ4n) is 2.38. The van der Waals surface area contributed by atoms with Crippen LogP contribution in [0.4, 0.5) is 0 Å². The van der Waals surface area contributed by atoms with Crippen LogP contribution in [0.15, 0.2) is 29.1 Å². The lowest BCUT2D eigenvalue weighted by atomic mass is 10.1. The summed E-state index contributed by atoms with van der Waals surface area (Å²) < 4.78 is 1.40. The van der Waals surface area contributed by atoms with Crippen molar-refractivity contribution in [2.75, 3.05) is 13.1 Å². The summed E-state index contributed by atoms with van der Waals surface area (Å²) in [5.74, 6) is -0.0816. The monoisotopic (exact) mass is 271 g/mol. The number of carbonyl (C=O) groups excluding carboxylic acids is 1. The molecule has 20 heavy (non-hydrogen) atoms. The van der Waals surface area contributed by atoms with Crippen molar-refractivity contribution in [1.29, 1.82) is 0 Å². The van der Waals surface area contributed by atoms with Crippen molar-refractivity contribution in [3.8, 4) is 0 Å². The zero-order valence-electron chi connectivity index (χ0n) is 11.7. The minimum Gasteiger partial charge on any atom is -0.337 e. The third-order valence-corrected chi connectivity index (χ3v) is 3.66. The van der Waals surface area contributed by atoms with Crippen LogP contribution in [0.25, 0.3) is 10.8 Å². The summed E-state index contributed by atoms with van der Waals surface area (Å²) >= 11 is 0. The van der Waals surface area contributed by atoms with Crippen molar-refractivity contribution in [2.24, 2.45) is 0 Å². The van der Waals surface area contributed by atoms with Crippen LogP contribution in [-0.2, 0) is 0 Å². The lowest BCUT2D eigenvalue weighted by molar-refractivity contribution is 0.0645. The van der Waals surface area contributed by atoms with Gasteiger partial charge in [0.1, 0.15) is 0 Å². The van der Waals surface area contributed by atoms with Gasteiger partial charge in [-0.05, 0) is 26.3 Å². The van der Waals surface area contributed by atoms with Gasteiger partial charge in [-0.15, -0.1) is 0 Å². The molecule has 2 heterocycles. The van der Waals surface area contributed by atoms with E-state index in [9.17, 15) is 9.59 Å². The highest BCUT2D eigenvalue weighted by atomic mass is 16.2. The molecule has 1 fully saturated rings. The predicted molar refractivity (Wildman–Crippen MR) is 76.9 cm³/mol. The predicted octanol–water partition coefficient (Wildman–Crippen LogP) is 1.82. The zero-order valence-corrected chi connectivity index (χ0v) is 11.7. The normalized spacial score (nSPS) is 14.7. The van der Waals surface area contributed by atoms with E-state index in [1.165, 1.54) is 4.68 Å². The van der Waals surface area contributed by atoms with Crippen LogP contribution in [0.1, 0.15) is 36.8 Å². The minimum atomic E-state index is -0.143. The second-order valence-electron chi connectivity index (χ2n) is 5.38. The number of aromatic nitrogens is 2. The first-order valence-corrected chi connectivity index (χ1v) is 6.90. The van der Waals surface area contributed by atoms with Gasteiger partial charge in [0.15, 0.2) is 5.69 Å². The Hall–Kier alpha value is -2.17. The number of amides is 1. The molecule has 0 bridgehead atoms. The van der Waals surface area contributed by atoms with Gasteiger partial charge in [-0.2, -0.15) is 5.10 Å². The summed E-state index contributed by atoms with van der Waals surface area (Å²) in [6, 6.07) is 7.12. The summed E-state index contributed by atoms with van der Waals surface area (Å²) in [7, 11) is 0. The maximum atomic E-state index is 12.5. The third-order valence-electron chi connectivity index (χ3n) is 3.66. The number of hydrogen-bond acceptors (Lipinski definition) is 3. The Labute approximate surface area is 116 Å². The van der Waals surface area contributed by atoms with Gasteiger partial charge in [-0.25, -0.2) is 4.68 Å². The standard InChI is InChI=1S/C15H17N3O2/c1-10(2)18-14(19)12-7-4-3-6-11(12)13(16-18)15(20)17-8-5-9-17/h3-4,6-7,10H,5,8-9H2,1-2H3. The second kappa shape index (κ2) is 4.74. The van der Waals surface area contributed by atoms with Crippen LogP contribution >= 0.6 is 0 Å². The van der Waals surface area contributed by atoms with Gasteiger partial charge < -0.3 is 4.90 Å². The van der Waals surface area contributed by atoms with Crippen LogP contribution in [-0.4, -0.2) is 33.7 Å². The second-order valence-corrected chi connectivity index (χ2v) is 5.38. The van der Waals surface area contributed by atoms with E-state index < -0.39 is 0 Å². The zero-order chi connectivity index (χ0) is 14.3. The van der Waals surface area contributed by atoms with Gasteiger partial charge in [0.25, 0.3) is 11.5 Å². The maximum absolute atomic E-state index is 12.5. The molecule has 0 unspecified atom stereocenters. The molecule has 0 aliphatic carbocycles. The Bertz CT molecular complexity index is 729. The summed E-state index contributed by atoms with van der Waals surface area (Å²) in [6.45, 7) is 5.33. The van der Waals surface area contributed by atoms with Crippen molar-refractivity contribution in [3.05, 3.63) is 40.3 Å². The van der Waals surface area contributed by atoms with Crippen LogP contribution in [0, 0.1) is 0 Å². The molecule has 1 aliphatic rings. The molecule has 0 spiro atoms. The lowest BCUT2D eigenvalue weighted by Gasteiger charge is -2.31. The molecule has 3 rings (SSSR count). The largest absolute Gasteiger partial charge is 0.337 e. The topological polar surface area (TPSA) is 55.2 Å². The van der Waals surface area contributed by atoms with Gasteiger partial charge in [-0.1, -0.05) is 18.2 Å². The maximum Gasteiger partial charge on any atom is 0.274 e. The van der Waals surface area contributed by atoms with Crippen molar-refractivity contribution < 1.29 is 4.79 Å². The Morgan fingerprint density at radius 3 is 2.40 bits per heavy atom. The van der Waals surface area contributed by atoms with Crippen molar-refractivity contribution in [1.82, 2.24) is 14.7 Å². The highest BCUT2D eigenvalue weighted by molar-refractivity contribution is 6.05. The molecule has 0 radical (unpaired) electrons. The SMILES string of the molecule is CC(C)n1nc(C(=O)N2CCC2)c2ccccc2c1=O. The molecule has 1 aromatic carbocycles. The first kappa shape index (κ1) is 12.8. The number of hydrogen-bond donors (Lipinski definition) is 0. The number of carbonyl (C=O) groups is 1. The van der Waals surface area contributed by atoms with E-state index in [1.54, 1.807) is 17.0 Å². The van der Waals surface area contributed by atoms with Crippen molar-refractivity contribution in [3.63, 3.8) is 0 Å². The van der Waals surface area contributed by atoms with Crippen LogP contribution < -0.4 is 5.56 Å². The van der Waals surface area contributed by atoms with E-state index >= 15 is 0 Å². The average molecular weight is 271 g/mol. The highest BCUT2D eigenvalue weighted by Gasteiger charge is 2.26. The number of benzene rings is 1. The molecule has 1 amide bonds. The molecule has 2 aromatic rings. The molecule has 104 valence electrons. The van der Waals surface area contributed by atoms with Gasteiger partial charge in [0, 0.05) is 18.5 Å². The molecular formula is C15H17N3O2. The molecule has 0 saturated carbocycles. The molecule has 1 saturated heterocycles. The summed E-state index contributed by atoms with van der Waals surface area (Å²) in [5, 5.41) is 5.52. The number of nitrogens with zero attached hydrogens (tertiary/aromatic N) is 3. The van der Waals surface area contributed by atoms with E-state index in [0.29, 0.717) is 16.5 Å². The van der Waals surface area contributed by atoms with Crippen LogP contribution in [0.2, 0.25) is 0 Å². The van der Waals surface area contributed by atoms with E-state index in [2.05, 4.69) is 5.10 Å². The Morgan fingerprint density at radius 2 is 1.85 bits per heavy atom. The van der Waals surface area contributed by atoms with Crippen LogP contribution in [0.5, 0.6) is 0 Å². The minimum absolute atomic E-state index is 0.0740. The molecule has 0 N–H and O–H groups in total. The third kappa shape index (κ3) is 1.90. The first-order valence-electron chi connectivity index (χ1n) is 6.90. The van der Waals surface area contributed by atoms with E-state index in [1.807, 2.05) is 26.0 Å². The van der Waals surface area contributed by atoms with E-state index in [-0.39, 0.29) is 17.5 Å². The van der Waals surface area contributed by atoms with Crippen molar-refractivity contribution >= 4 is 16.7 Å². The quantitative estimate of drug-likeness (QED) is 0.837. The van der Waals surface area contributed by atoms with Crippen molar-refractivity contribution in [2.45, 2.75) is 26.3 Å². The first-order chi connectivity index (χ1) is 9.59. The fourth-order valence-corrected chi connectivity index (χ4v) is 2.38. The molecule has 1 aliphatic heterocycles. The van der Waals surface area contributed by atoms with Gasteiger partial charge >= 0.3 is 0 Å². The fraction of sp³-hybridized carbons (Fsp3) is 0.400. The molecule has 5 nitrogen and oxygen atoms in total.